The molecule has 2 aromatic rings. The topological polar surface area (TPSA) is 87.3 Å². The number of hydrogen-bond donors (Lipinski definition) is 3. The molecule has 3 rings (SSSR count). The van der Waals surface area contributed by atoms with E-state index < -0.39 is 6.10 Å². The molecule has 1 aliphatic rings. The van der Waals surface area contributed by atoms with E-state index in [0.29, 0.717) is 11.6 Å². The highest BCUT2D eigenvalue weighted by atomic mass is 16.3. The number of aliphatic hydroxyl groups excluding tert-OH is 1. The molecule has 1 atom stereocenters. The van der Waals surface area contributed by atoms with E-state index in [9.17, 15) is 5.11 Å². The van der Waals surface area contributed by atoms with Crippen LogP contribution in [-0.2, 0) is 0 Å². The minimum atomic E-state index is -0.706. The summed E-state index contributed by atoms with van der Waals surface area (Å²) >= 11 is 0. The average Bonchev–Trinajstić information content (AvgIpc) is 2.67. The number of hydrogen-bond acceptors (Lipinski definition) is 6. The number of pyridine rings is 2. The van der Waals surface area contributed by atoms with Crippen molar-refractivity contribution in [1.82, 2.24) is 14.9 Å². The molecule has 0 bridgehead atoms. The fourth-order valence-corrected chi connectivity index (χ4v) is 3.20. The first-order chi connectivity index (χ1) is 12.9. The van der Waals surface area contributed by atoms with Crippen LogP contribution in [0.4, 0.5) is 11.6 Å². The van der Waals surface area contributed by atoms with Crippen LogP contribution in [-0.4, -0.2) is 33.1 Å². The third-order valence-corrected chi connectivity index (χ3v) is 4.68. The van der Waals surface area contributed by atoms with Crippen LogP contribution in [0.25, 0.3) is 11.8 Å². The molecular weight excluding hydrogens is 338 g/mol. The van der Waals surface area contributed by atoms with Crippen LogP contribution in [0, 0.1) is 0 Å². The molecule has 6 nitrogen and oxygen atoms in total. The highest BCUT2D eigenvalue weighted by Gasteiger charge is 2.22. The predicted molar refractivity (Wildman–Crippen MR) is 110 cm³/mol. The maximum Gasteiger partial charge on any atom is 0.132 e. The molecular formula is C21H27N5O. The quantitative estimate of drug-likeness (QED) is 0.725. The minimum Gasteiger partial charge on any atom is -0.387 e. The van der Waals surface area contributed by atoms with E-state index in [4.69, 9.17) is 10.7 Å². The van der Waals surface area contributed by atoms with E-state index in [1.807, 2.05) is 6.07 Å². The van der Waals surface area contributed by atoms with Crippen LogP contribution in [0.5, 0.6) is 0 Å². The summed E-state index contributed by atoms with van der Waals surface area (Å²) in [5, 5.41) is 13.2. The summed E-state index contributed by atoms with van der Waals surface area (Å²) in [6, 6.07) is 5.56. The zero-order valence-electron chi connectivity index (χ0n) is 16.1. The molecule has 0 saturated heterocycles. The second kappa shape index (κ2) is 7.90. The van der Waals surface area contributed by atoms with Crippen LogP contribution in [0.15, 0.2) is 37.2 Å². The van der Waals surface area contributed by atoms with Gasteiger partial charge in [-0.15, -0.1) is 0 Å². The lowest BCUT2D eigenvalue weighted by molar-refractivity contribution is 0.186. The highest BCUT2D eigenvalue weighted by molar-refractivity contribution is 5.80. The van der Waals surface area contributed by atoms with Gasteiger partial charge in [0.2, 0.25) is 0 Å². The van der Waals surface area contributed by atoms with Crippen molar-refractivity contribution in [3.63, 3.8) is 0 Å². The van der Waals surface area contributed by atoms with Crippen molar-refractivity contribution in [3.8, 4) is 0 Å². The summed E-state index contributed by atoms with van der Waals surface area (Å²) in [4.78, 5) is 11.3. The van der Waals surface area contributed by atoms with Gasteiger partial charge >= 0.3 is 0 Å². The van der Waals surface area contributed by atoms with Gasteiger partial charge in [0.05, 0.1) is 11.8 Å². The van der Waals surface area contributed by atoms with Crippen LogP contribution in [0.3, 0.4) is 0 Å². The number of anilines is 2. The lowest BCUT2D eigenvalue weighted by Gasteiger charge is -2.29. The van der Waals surface area contributed by atoms with Crippen molar-refractivity contribution in [1.29, 1.82) is 0 Å². The first kappa shape index (κ1) is 19.1. The Labute approximate surface area is 160 Å². The third kappa shape index (κ3) is 3.86. The second-order valence-corrected chi connectivity index (χ2v) is 6.91. The Balaban J connectivity index is 1.99. The van der Waals surface area contributed by atoms with Crippen molar-refractivity contribution in [2.24, 2.45) is 5.73 Å². The number of aromatic nitrogens is 2. The van der Waals surface area contributed by atoms with E-state index in [0.717, 1.165) is 34.6 Å². The van der Waals surface area contributed by atoms with E-state index in [1.165, 1.54) is 0 Å². The molecule has 0 spiro atoms. The molecule has 0 radical (unpaired) electrons. The lowest BCUT2D eigenvalue weighted by atomic mass is 9.94. The lowest BCUT2D eigenvalue weighted by Crippen LogP contribution is -2.20. The van der Waals surface area contributed by atoms with Gasteiger partial charge in [0.25, 0.3) is 0 Å². The van der Waals surface area contributed by atoms with Crippen molar-refractivity contribution < 1.29 is 5.11 Å². The zero-order valence-corrected chi connectivity index (χ0v) is 16.1. The van der Waals surface area contributed by atoms with Gasteiger partial charge in [0.1, 0.15) is 11.6 Å². The molecule has 0 fully saturated rings. The van der Waals surface area contributed by atoms with Gasteiger partial charge in [0, 0.05) is 36.7 Å². The molecule has 0 aromatic carbocycles. The number of nitrogens with zero attached hydrogens (tertiary/aromatic N) is 3. The van der Waals surface area contributed by atoms with E-state index in [-0.39, 0.29) is 12.5 Å². The van der Waals surface area contributed by atoms with Gasteiger partial charge in [-0.25, -0.2) is 9.97 Å². The van der Waals surface area contributed by atoms with E-state index >= 15 is 0 Å². The van der Waals surface area contributed by atoms with Gasteiger partial charge in [-0.05, 0) is 48.2 Å². The van der Waals surface area contributed by atoms with Gasteiger partial charge in [-0.3, -0.25) is 0 Å². The monoisotopic (exact) mass is 365 g/mol. The first-order valence-electron chi connectivity index (χ1n) is 9.24. The zero-order chi connectivity index (χ0) is 19.6. The fraction of sp³-hybridized carbons (Fsp3) is 0.333. The number of fused-ring (bicyclic) bond motifs is 1. The SMILES string of the molecule is C=C1c2c(cc(Nc3cc(C(O)CN)ccn3)nc2C(C)C)C=CN1CC. The largest absolute Gasteiger partial charge is 0.387 e. The standard InChI is InChI=1S/C21H27N5O/c1-5-26-9-7-16-11-19(25-21(13(2)3)20(16)14(26)4)24-18-10-15(6-8-23-18)17(27)12-22/h6-11,13,17,27H,4-5,12,22H2,1-3H3,(H,23,24,25). The summed E-state index contributed by atoms with van der Waals surface area (Å²) in [5.41, 5.74) is 10.4. The molecule has 0 saturated carbocycles. The summed E-state index contributed by atoms with van der Waals surface area (Å²) in [5.74, 6) is 1.59. The van der Waals surface area contributed by atoms with E-state index in [2.05, 4.69) is 54.8 Å². The molecule has 142 valence electrons. The van der Waals surface area contributed by atoms with Crippen LogP contribution in [0.2, 0.25) is 0 Å². The molecule has 2 aromatic heterocycles. The van der Waals surface area contributed by atoms with Gasteiger partial charge < -0.3 is 21.1 Å². The van der Waals surface area contributed by atoms with Gasteiger partial charge in [-0.2, -0.15) is 0 Å². The minimum absolute atomic E-state index is 0.166. The summed E-state index contributed by atoms with van der Waals surface area (Å²) in [6.07, 6.45) is 5.09. The Bertz CT molecular complexity index is 875. The van der Waals surface area contributed by atoms with Crippen LogP contribution >= 0.6 is 0 Å². The fourth-order valence-electron chi connectivity index (χ4n) is 3.20. The summed E-state index contributed by atoms with van der Waals surface area (Å²) in [6.45, 7) is 11.7. The van der Waals surface area contributed by atoms with Crippen molar-refractivity contribution in [3.05, 3.63) is 59.6 Å². The van der Waals surface area contributed by atoms with Crippen molar-refractivity contribution >= 4 is 23.4 Å². The normalized spacial score (nSPS) is 14.4. The van der Waals surface area contributed by atoms with Crippen molar-refractivity contribution in [2.45, 2.75) is 32.8 Å². The molecule has 0 amide bonds. The first-order valence-corrected chi connectivity index (χ1v) is 9.24. The Morgan fingerprint density at radius 1 is 1.30 bits per heavy atom. The molecule has 27 heavy (non-hydrogen) atoms. The van der Waals surface area contributed by atoms with Gasteiger partial charge in [-0.1, -0.05) is 20.4 Å². The van der Waals surface area contributed by atoms with Gasteiger partial charge in [0.15, 0.2) is 0 Å². The Morgan fingerprint density at radius 3 is 2.74 bits per heavy atom. The maximum atomic E-state index is 9.95. The molecule has 4 N–H and O–H groups in total. The number of aliphatic hydroxyl groups is 1. The number of nitrogens with one attached hydrogen (secondary N) is 1. The number of rotatable bonds is 6. The Morgan fingerprint density at radius 2 is 2.07 bits per heavy atom. The smallest absolute Gasteiger partial charge is 0.132 e. The summed E-state index contributed by atoms with van der Waals surface area (Å²) < 4.78 is 0. The summed E-state index contributed by atoms with van der Waals surface area (Å²) in [7, 11) is 0. The average molecular weight is 365 g/mol. The highest BCUT2D eigenvalue weighted by Crippen LogP contribution is 2.35. The predicted octanol–water partition coefficient (Wildman–Crippen LogP) is 3.61. The number of nitrogens with two attached hydrogens (primary N) is 1. The van der Waals surface area contributed by atoms with Crippen LogP contribution < -0.4 is 11.1 Å². The third-order valence-electron chi connectivity index (χ3n) is 4.68. The molecule has 1 aliphatic heterocycles. The van der Waals surface area contributed by atoms with Crippen LogP contribution in [0.1, 0.15) is 55.2 Å². The Hall–Kier alpha value is -2.70. The van der Waals surface area contributed by atoms with E-state index in [1.54, 1.807) is 18.3 Å². The second-order valence-electron chi connectivity index (χ2n) is 6.91. The molecule has 1 unspecified atom stereocenters. The Kier molecular flexibility index (Phi) is 5.58. The molecule has 6 heteroatoms. The molecule has 0 aliphatic carbocycles. The maximum absolute atomic E-state index is 9.95. The molecule has 3 heterocycles. The van der Waals surface area contributed by atoms with Crippen molar-refractivity contribution in [2.75, 3.05) is 18.4 Å².